The van der Waals surface area contributed by atoms with Crippen LogP contribution in [-0.2, 0) is 19.1 Å². The maximum atomic E-state index is 12.9. The Labute approximate surface area is 144 Å². The molecule has 1 aromatic carbocycles. The number of aryl methyl sites for hydroxylation is 2. The van der Waals surface area contributed by atoms with Gasteiger partial charge in [0.15, 0.2) is 5.69 Å². The summed E-state index contributed by atoms with van der Waals surface area (Å²) in [6, 6.07) is 5.52. The van der Waals surface area contributed by atoms with Gasteiger partial charge in [-0.05, 0) is 31.2 Å². The predicted octanol–water partition coefficient (Wildman–Crippen LogP) is 4.30. The van der Waals surface area contributed by atoms with Gasteiger partial charge in [0.1, 0.15) is 5.82 Å². The number of aromatic nitrogens is 4. The van der Waals surface area contributed by atoms with Crippen molar-refractivity contribution in [1.82, 2.24) is 19.9 Å². The molecule has 10 heteroatoms. The number of nitrogens with zero attached hydrogens (tertiary/aromatic N) is 4. The number of rotatable bonds is 4. The van der Waals surface area contributed by atoms with Gasteiger partial charge >= 0.3 is 6.18 Å². The molecule has 5 nitrogen and oxygen atoms in total. The van der Waals surface area contributed by atoms with Gasteiger partial charge in [-0.2, -0.15) is 23.3 Å². The molecule has 0 atom stereocenters. The van der Waals surface area contributed by atoms with Gasteiger partial charge in [-0.3, -0.25) is 4.68 Å². The van der Waals surface area contributed by atoms with Gasteiger partial charge in [0.05, 0.1) is 17.3 Å². The summed E-state index contributed by atoms with van der Waals surface area (Å²) in [7, 11) is 0. The largest absolute Gasteiger partial charge is 0.436 e. The Kier molecular flexibility index (Phi) is 4.51. The van der Waals surface area contributed by atoms with E-state index in [9.17, 15) is 17.6 Å². The zero-order valence-corrected chi connectivity index (χ0v) is 13.6. The Balaban J connectivity index is 1.74. The molecule has 0 unspecified atom stereocenters. The van der Waals surface area contributed by atoms with Gasteiger partial charge in [-0.15, -0.1) is 0 Å². The van der Waals surface area contributed by atoms with Crippen LogP contribution in [0.2, 0.25) is 5.02 Å². The third kappa shape index (κ3) is 3.65. The first-order valence-electron chi connectivity index (χ1n) is 7.14. The van der Waals surface area contributed by atoms with Crippen LogP contribution in [0, 0.1) is 12.7 Å². The van der Waals surface area contributed by atoms with Crippen LogP contribution in [0.1, 0.15) is 17.3 Å². The highest BCUT2D eigenvalue weighted by atomic mass is 35.5. The van der Waals surface area contributed by atoms with Crippen LogP contribution in [0.25, 0.3) is 11.4 Å². The lowest BCUT2D eigenvalue weighted by Crippen LogP contribution is -2.10. The molecule has 2 aromatic heterocycles. The smallest absolute Gasteiger partial charge is 0.339 e. The van der Waals surface area contributed by atoms with Crippen LogP contribution in [0.5, 0.6) is 0 Å². The minimum Gasteiger partial charge on any atom is -0.339 e. The van der Waals surface area contributed by atoms with E-state index in [1.165, 1.54) is 31.2 Å². The van der Waals surface area contributed by atoms with Gasteiger partial charge in [-0.1, -0.05) is 16.8 Å². The van der Waals surface area contributed by atoms with E-state index >= 15 is 0 Å². The third-order valence-electron chi connectivity index (χ3n) is 3.51. The van der Waals surface area contributed by atoms with Crippen molar-refractivity contribution in [2.75, 3.05) is 0 Å². The summed E-state index contributed by atoms with van der Waals surface area (Å²) in [5, 5.41) is 6.84. The van der Waals surface area contributed by atoms with E-state index in [1.807, 2.05) is 0 Å². The molecule has 0 aliphatic heterocycles. The van der Waals surface area contributed by atoms with Gasteiger partial charge in [-0.25, -0.2) is 4.39 Å². The normalized spacial score (nSPS) is 11.9. The van der Waals surface area contributed by atoms with Crippen LogP contribution < -0.4 is 0 Å². The number of halogens is 5. The molecular weight excluding hydrogens is 364 g/mol. The van der Waals surface area contributed by atoms with Crippen molar-refractivity contribution in [3.05, 3.63) is 52.4 Å². The van der Waals surface area contributed by atoms with E-state index in [0.717, 1.165) is 4.68 Å². The maximum Gasteiger partial charge on any atom is 0.436 e. The molecule has 25 heavy (non-hydrogen) atoms. The molecule has 2 heterocycles. The number of hydrogen-bond acceptors (Lipinski definition) is 4. The molecule has 0 fully saturated rings. The van der Waals surface area contributed by atoms with Crippen molar-refractivity contribution in [2.45, 2.75) is 26.1 Å². The average Bonchev–Trinajstić information content (AvgIpc) is 3.12. The lowest BCUT2D eigenvalue weighted by molar-refractivity contribution is -0.141. The highest BCUT2D eigenvalue weighted by Crippen LogP contribution is 2.35. The van der Waals surface area contributed by atoms with Gasteiger partial charge in [0, 0.05) is 12.0 Å². The fourth-order valence-corrected chi connectivity index (χ4v) is 2.44. The summed E-state index contributed by atoms with van der Waals surface area (Å²) < 4.78 is 57.5. The number of benzene rings is 1. The average molecular weight is 375 g/mol. The summed E-state index contributed by atoms with van der Waals surface area (Å²) in [5.41, 5.74) is -0.356. The monoisotopic (exact) mass is 374 g/mol. The van der Waals surface area contributed by atoms with E-state index in [1.54, 1.807) is 0 Å². The SMILES string of the molecule is Cc1c(Cl)c(C(F)(F)F)nn1CCc1nc(-c2ccc(F)cc2)no1. The molecule has 0 radical (unpaired) electrons. The fraction of sp³-hybridized carbons (Fsp3) is 0.267. The molecule has 3 rings (SSSR count). The second-order valence-electron chi connectivity index (χ2n) is 5.24. The molecule has 0 saturated heterocycles. The lowest BCUT2D eigenvalue weighted by Gasteiger charge is -2.02. The fourth-order valence-electron chi connectivity index (χ4n) is 2.20. The summed E-state index contributed by atoms with van der Waals surface area (Å²) >= 11 is 5.69. The molecule has 0 aliphatic carbocycles. The Morgan fingerprint density at radius 3 is 2.48 bits per heavy atom. The molecular formula is C15H11ClF4N4O. The van der Waals surface area contributed by atoms with E-state index in [0.29, 0.717) is 5.56 Å². The molecule has 132 valence electrons. The molecule has 0 aliphatic rings. The van der Waals surface area contributed by atoms with E-state index in [2.05, 4.69) is 15.2 Å². The molecule has 0 amide bonds. The van der Waals surface area contributed by atoms with Crippen molar-refractivity contribution in [1.29, 1.82) is 0 Å². The van der Waals surface area contributed by atoms with Crippen LogP contribution in [0.15, 0.2) is 28.8 Å². The first-order chi connectivity index (χ1) is 11.8. The minimum absolute atomic E-state index is 0.0900. The molecule has 0 saturated carbocycles. The number of hydrogen-bond donors (Lipinski definition) is 0. The summed E-state index contributed by atoms with van der Waals surface area (Å²) in [5.74, 6) is 0.0964. The first-order valence-corrected chi connectivity index (χ1v) is 7.52. The topological polar surface area (TPSA) is 56.7 Å². The van der Waals surface area contributed by atoms with Crippen molar-refractivity contribution in [2.24, 2.45) is 0 Å². The standard InChI is InChI=1S/C15H11ClF4N4O/c1-8-12(16)13(15(18,19)20)22-24(8)7-6-11-21-14(23-25-11)9-2-4-10(17)5-3-9/h2-5H,6-7H2,1H3. The maximum absolute atomic E-state index is 12.9. The van der Waals surface area contributed by atoms with Crippen LogP contribution in [-0.4, -0.2) is 19.9 Å². The highest BCUT2D eigenvalue weighted by molar-refractivity contribution is 6.31. The number of alkyl halides is 3. The van der Waals surface area contributed by atoms with Crippen molar-refractivity contribution >= 4 is 11.6 Å². The molecule has 0 spiro atoms. The van der Waals surface area contributed by atoms with Crippen LogP contribution in [0.4, 0.5) is 17.6 Å². The van der Waals surface area contributed by atoms with Crippen LogP contribution in [0.3, 0.4) is 0 Å². The Morgan fingerprint density at radius 2 is 1.88 bits per heavy atom. The second-order valence-corrected chi connectivity index (χ2v) is 5.62. The summed E-state index contributed by atoms with van der Waals surface area (Å²) in [4.78, 5) is 4.14. The Hall–Kier alpha value is -2.42. The van der Waals surface area contributed by atoms with Crippen molar-refractivity contribution in [3.8, 4) is 11.4 Å². The van der Waals surface area contributed by atoms with Gasteiger partial charge in [0.2, 0.25) is 11.7 Å². The summed E-state index contributed by atoms with van der Waals surface area (Å²) in [6.07, 6.45) is -4.45. The second kappa shape index (κ2) is 6.47. The quantitative estimate of drug-likeness (QED) is 0.639. The van der Waals surface area contributed by atoms with E-state index < -0.39 is 16.9 Å². The molecule has 0 bridgehead atoms. The van der Waals surface area contributed by atoms with Gasteiger partial charge in [0.25, 0.3) is 0 Å². The Bertz CT molecular complexity index is 886. The van der Waals surface area contributed by atoms with Gasteiger partial charge < -0.3 is 4.52 Å². The van der Waals surface area contributed by atoms with Crippen molar-refractivity contribution in [3.63, 3.8) is 0 Å². The zero-order valence-electron chi connectivity index (χ0n) is 12.8. The lowest BCUT2D eigenvalue weighted by atomic mass is 10.2. The highest BCUT2D eigenvalue weighted by Gasteiger charge is 2.38. The van der Waals surface area contributed by atoms with E-state index in [4.69, 9.17) is 16.1 Å². The first kappa shape index (κ1) is 17.4. The molecule has 3 aromatic rings. The summed E-state index contributed by atoms with van der Waals surface area (Å²) in [6.45, 7) is 1.54. The van der Waals surface area contributed by atoms with E-state index in [-0.39, 0.29) is 36.2 Å². The third-order valence-corrected chi connectivity index (χ3v) is 3.96. The minimum atomic E-state index is -4.62. The Morgan fingerprint density at radius 1 is 1.20 bits per heavy atom. The zero-order chi connectivity index (χ0) is 18.2. The molecule has 0 N–H and O–H groups in total. The predicted molar refractivity (Wildman–Crippen MR) is 80.4 cm³/mol. The van der Waals surface area contributed by atoms with Crippen LogP contribution >= 0.6 is 11.6 Å². The van der Waals surface area contributed by atoms with Crippen molar-refractivity contribution < 1.29 is 22.1 Å².